The Bertz CT molecular complexity index is 420. The van der Waals surface area contributed by atoms with Gasteiger partial charge in [-0.1, -0.05) is 12.1 Å². The monoisotopic (exact) mass is 252 g/mol. The minimum atomic E-state index is -0.302. The van der Waals surface area contributed by atoms with E-state index in [4.69, 9.17) is 0 Å². The van der Waals surface area contributed by atoms with E-state index in [0.29, 0.717) is 12.1 Å². The Hall–Kier alpha value is -1.42. The summed E-state index contributed by atoms with van der Waals surface area (Å²) in [5, 5.41) is 5.90. The van der Waals surface area contributed by atoms with Gasteiger partial charge in [-0.15, -0.1) is 0 Å². The van der Waals surface area contributed by atoms with Crippen LogP contribution in [-0.4, -0.2) is 18.5 Å². The second kappa shape index (κ2) is 6.50. The number of hydrogen-bond acceptors (Lipinski definition) is 2. The van der Waals surface area contributed by atoms with Crippen LogP contribution in [0.25, 0.3) is 0 Å². The minimum absolute atomic E-state index is 0.0445. The predicted octanol–water partition coefficient (Wildman–Crippen LogP) is 2.31. The third-order valence-electron chi connectivity index (χ3n) is 2.94. The molecular formula is C14H21FN2O. The van der Waals surface area contributed by atoms with Gasteiger partial charge in [-0.3, -0.25) is 10.1 Å². The predicted molar refractivity (Wildman–Crippen MR) is 70.8 cm³/mol. The number of halogens is 1. The lowest BCUT2D eigenvalue weighted by Crippen LogP contribution is -2.43. The van der Waals surface area contributed by atoms with Crippen LogP contribution >= 0.6 is 0 Å². The van der Waals surface area contributed by atoms with Crippen LogP contribution in [0.15, 0.2) is 18.2 Å². The van der Waals surface area contributed by atoms with Gasteiger partial charge in [0.25, 0.3) is 0 Å². The lowest BCUT2D eigenvalue weighted by atomic mass is 10.1. The van der Waals surface area contributed by atoms with Crippen molar-refractivity contribution in [2.45, 2.75) is 39.8 Å². The molecule has 0 aliphatic rings. The molecule has 0 spiro atoms. The molecule has 0 aliphatic heterocycles. The summed E-state index contributed by atoms with van der Waals surface area (Å²) in [5.41, 5.74) is 1.47. The Morgan fingerprint density at radius 3 is 2.61 bits per heavy atom. The first-order valence-corrected chi connectivity index (χ1v) is 6.25. The molecule has 1 aromatic carbocycles. The summed E-state index contributed by atoms with van der Waals surface area (Å²) in [4.78, 5) is 11.6. The van der Waals surface area contributed by atoms with Crippen molar-refractivity contribution in [2.24, 2.45) is 0 Å². The van der Waals surface area contributed by atoms with E-state index >= 15 is 0 Å². The van der Waals surface area contributed by atoms with Gasteiger partial charge in [-0.2, -0.15) is 0 Å². The van der Waals surface area contributed by atoms with Gasteiger partial charge in [0.2, 0.25) is 5.91 Å². The van der Waals surface area contributed by atoms with Gasteiger partial charge in [0.15, 0.2) is 0 Å². The number of carbonyl (C=O) groups is 1. The summed E-state index contributed by atoms with van der Waals surface area (Å²) in [6.07, 6.45) is 0. The molecule has 3 nitrogen and oxygen atoms in total. The van der Waals surface area contributed by atoms with Gasteiger partial charge in [0.1, 0.15) is 5.82 Å². The molecule has 0 bridgehead atoms. The van der Waals surface area contributed by atoms with E-state index in [9.17, 15) is 9.18 Å². The average molecular weight is 252 g/mol. The van der Waals surface area contributed by atoms with Gasteiger partial charge in [-0.05, 0) is 44.9 Å². The van der Waals surface area contributed by atoms with Crippen LogP contribution in [0, 0.1) is 12.7 Å². The zero-order chi connectivity index (χ0) is 13.7. The molecular weight excluding hydrogens is 231 g/mol. The number of hydrogen-bond donors (Lipinski definition) is 2. The first-order chi connectivity index (χ1) is 8.45. The van der Waals surface area contributed by atoms with Gasteiger partial charge in [0.05, 0.1) is 6.04 Å². The lowest BCUT2D eigenvalue weighted by Gasteiger charge is -2.20. The standard InChI is InChI=1S/C14H21FN2O/c1-5-16-14(18)11(4)17-10(3)12-7-6-9(2)13(15)8-12/h6-8,10-11,17H,5H2,1-4H3,(H,16,18). The maximum absolute atomic E-state index is 13.4. The highest BCUT2D eigenvalue weighted by molar-refractivity contribution is 5.81. The number of nitrogens with one attached hydrogen (secondary N) is 2. The highest BCUT2D eigenvalue weighted by atomic mass is 19.1. The molecule has 1 amide bonds. The fraction of sp³-hybridized carbons (Fsp3) is 0.500. The molecule has 0 radical (unpaired) electrons. The molecule has 100 valence electrons. The zero-order valence-electron chi connectivity index (χ0n) is 11.4. The SMILES string of the molecule is CCNC(=O)C(C)NC(C)c1ccc(C)c(F)c1. The third-order valence-corrected chi connectivity index (χ3v) is 2.94. The normalized spacial score (nSPS) is 14.1. The largest absolute Gasteiger partial charge is 0.355 e. The maximum atomic E-state index is 13.4. The van der Waals surface area contributed by atoms with Crippen molar-refractivity contribution in [1.82, 2.24) is 10.6 Å². The van der Waals surface area contributed by atoms with Gasteiger partial charge < -0.3 is 5.32 Å². The van der Waals surface area contributed by atoms with E-state index in [0.717, 1.165) is 5.56 Å². The summed E-state index contributed by atoms with van der Waals surface area (Å²) in [7, 11) is 0. The molecule has 18 heavy (non-hydrogen) atoms. The summed E-state index contributed by atoms with van der Waals surface area (Å²) in [5.74, 6) is -0.260. The highest BCUT2D eigenvalue weighted by Crippen LogP contribution is 2.16. The van der Waals surface area contributed by atoms with E-state index < -0.39 is 0 Å². The van der Waals surface area contributed by atoms with Crippen molar-refractivity contribution in [3.63, 3.8) is 0 Å². The van der Waals surface area contributed by atoms with Crippen LogP contribution in [0.5, 0.6) is 0 Å². The van der Waals surface area contributed by atoms with Gasteiger partial charge in [0, 0.05) is 12.6 Å². The molecule has 0 heterocycles. The van der Waals surface area contributed by atoms with E-state index in [1.54, 1.807) is 19.9 Å². The lowest BCUT2D eigenvalue weighted by molar-refractivity contribution is -0.122. The smallest absolute Gasteiger partial charge is 0.236 e. The van der Waals surface area contributed by atoms with Crippen molar-refractivity contribution in [3.05, 3.63) is 35.1 Å². The van der Waals surface area contributed by atoms with Crippen LogP contribution in [0.1, 0.15) is 37.9 Å². The first kappa shape index (κ1) is 14.6. The fourth-order valence-electron chi connectivity index (χ4n) is 1.75. The molecule has 2 N–H and O–H groups in total. The van der Waals surface area contributed by atoms with Crippen LogP contribution in [0.2, 0.25) is 0 Å². The third kappa shape index (κ3) is 3.81. The summed E-state index contributed by atoms with van der Waals surface area (Å²) in [6.45, 7) is 7.93. The van der Waals surface area contributed by atoms with E-state index in [1.807, 2.05) is 19.9 Å². The van der Waals surface area contributed by atoms with Gasteiger partial charge >= 0.3 is 0 Å². The van der Waals surface area contributed by atoms with E-state index in [-0.39, 0.29) is 23.8 Å². The number of likely N-dealkylation sites (N-methyl/N-ethyl adjacent to an activating group) is 1. The first-order valence-electron chi connectivity index (χ1n) is 6.25. The Morgan fingerprint density at radius 1 is 1.39 bits per heavy atom. The quantitative estimate of drug-likeness (QED) is 0.844. The van der Waals surface area contributed by atoms with E-state index in [2.05, 4.69) is 10.6 Å². The van der Waals surface area contributed by atoms with Crippen molar-refractivity contribution in [1.29, 1.82) is 0 Å². The topological polar surface area (TPSA) is 41.1 Å². The second-order valence-corrected chi connectivity index (χ2v) is 4.51. The van der Waals surface area contributed by atoms with Gasteiger partial charge in [-0.25, -0.2) is 4.39 Å². The Balaban J connectivity index is 2.67. The Morgan fingerprint density at radius 2 is 2.06 bits per heavy atom. The maximum Gasteiger partial charge on any atom is 0.236 e. The molecule has 0 saturated heterocycles. The highest BCUT2D eigenvalue weighted by Gasteiger charge is 2.15. The number of benzene rings is 1. The second-order valence-electron chi connectivity index (χ2n) is 4.51. The molecule has 0 fully saturated rings. The number of aryl methyl sites for hydroxylation is 1. The number of amides is 1. The molecule has 0 aliphatic carbocycles. The zero-order valence-corrected chi connectivity index (χ0v) is 11.4. The average Bonchev–Trinajstić information content (AvgIpc) is 2.32. The molecule has 0 saturated carbocycles. The molecule has 1 rings (SSSR count). The molecule has 1 aromatic rings. The summed E-state index contributed by atoms with van der Waals surface area (Å²) in [6, 6.07) is 4.76. The van der Waals surface area contributed by atoms with Crippen LogP contribution < -0.4 is 10.6 Å². The van der Waals surface area contributed by atoms with Crippen molar-refractivity contribution >= 4 is 5.91 Å². The van der Waals surface area contributed by atoms with Crippen LogP contribution in [0.4, 0.5) is 4.39 Å². The Kier molecular flexibility index (Phi) is 5.28. The molecule has 2 unspecified atom stereocenters. The van der Waals surface area contributed by atoms with Crippen molar-refractivity contribution < 1.29 is 9.18 Å². The van der Waals surface area contributed by atoms with Crippen LogP contribution in [-0.2, 0) is 4.79 Å². The summed E-state index contributed by atoms with van der Waals surface area (Å²) < 4.78 is 13.4. The summed E-state index contributed by atoms with van der Waals surface area (Å²) >= 11 is 0. The van der Waals surface area contributed by atoms with Crippen molar-refractivity contribution in [3.8, 4) is 0 Å². The molecule has 4 heteroatoms. The number of carbonyl (C=O) groups excluding carboxylic acids is 1. The van der Waals surface area contributed by atoms with Crippen LogP contribution in [0.3, 0.4) is 0 Å². The minimum Gasteiger partial charge on any atom is -0.355 e. The molecule has 2 atom stereocenters. The van der Waals surface area contributed by atoms with E-state index in [1.165, 1.54) is 6.07 Å². The number of rotatable bonds is 5. The fourth-order valence-corrected chi connectivity index (χ4v) is 1.75. The Labute approximate surface area is 108 Å². The van der Waals surface area contributed by atoms with Crippen molar-refractivity contribution in [2.75, 3.05) is 6.54 Å². The molecule has 0 aromatic heterocycles.